The molecule has 1 fully saturated rings. The van der Waals surface area contributed by atoms with Crippen molar-refractivity contribution in [1.82, 2.24) is 15.1 Å². The van der Waals surface area contributed by atoms with Gasteiger partial charge in [0.1, 0.15) is 6.54 Å². The van der Waals surface area contributed by atoms with Crippen LogP contribution in [-0.2, 0) is 9.59 Å². The van der Waals surface area contributed by atoms with Crippen LogP contribution in [0.5, 0.6) is 0 Å². The largest absolute Gasteiger partial charge is 0.481 e. The molecular formula is C11H16F3N3O4. The highest BCUT2D eigenvalue weighted by Gasteiger charge is 2.64. The van der Waals surface area contributed by atoms with Gasteiger partial charge in [-0.2, -0.15) is 13.2 Å². The Balaban J connectivity index is 2.83. The molecule has 0 aromatic rings. The second-order valence-electron chi connectivity index (χ2n) is 4.87. The van der Waals surface area contributed by atoms with Crippen LogP contribution >= 0.6 is 0 Å². The van der Waals surface area contributed by atoms with E-state index in [0.29, 0.717) is 0 Å². The molecular weight excluding hydrogens is 295 g/mol. The topological polar surface area (TPSA) is 90.0 Å². The van der Waals surface area contributed by atoms with Gasteiger partial charge in [-0.05, 0) is 6.42 Å². The summed E-state index contributed by atoms with van der Waals surface area (Å²) in [6.45, 7) is -1.61. The van der Waals surface area contributed by atoms with Crippen LogP contribution in [0.1, 0.15) is 6.42 Å². The molecule has 0 aromatic heterocycles. The van der Waals surface area contributed by atoms with Crippen LogP contribution in [-0.4, -0.2) is 72.7 Å². The summed E-state index contributed by atoms with van der Waals surface area (Å²) in [7, 11) is 2.61. The van der Waals surface area contributed by atoms with Crippen molar-refractivity contribution in [2.45, 2.75) is 12.6 Å². The molecule has 1 saturated heterocycles. The summed E-state index contributed by atoms with van der Waals surface area (Å²) in [6.07, 6.45) is -5.65. The summed E-state index contributed by atoms with van der Waals surface area (Å²) in [5.41, 5.74) is -2.95. The summed E-state index contributed by atoms with van der Waals surface area (Å²) in [5.74, 6) is -2.48. The van der Waals surface area contributed by atoms with Gasteiger partial charge in [-0.3, -0.25) is 9.59 Å². The number of amides is 3. The van der Waals surface area contributed by atoms with Gasteiger partial charge in [-0.1, -0.05) is 0 Å². The number of likely N-dealkylation sites (N-methyl/N-ethyl adjacent to an activating group) is 2. The Morgan fingerprint density at radius 3 is 2.33 bits per heavy atom. The summed E-state index contributed by atoms with van der Waals surface area (Å²) >= 11 is 0. The number of carboxylic acids is 1. The molecule has 0 aromatic carbocycles. The third-order valence-electron chi connectivity index (χ3n) is 3.48. The smallest absolute Gasteiger partial charge is 0.406 e. The number of carbonyl (C=O) groups is 3. The molecule has 120 valence electrons. The zero-order valence-corrected chi connectivity index (χ0v) is 11.5. The summed E-state index contributed by atoms with van der Waals surface area (Å²) in [5, 5.41) is 11.2. The fraction of sp³-hybridized carbons (Fsp3) is 0.727. The van der Waals surface area contributed by atoms with Gasteiger partial charge in [0, 0.05) is 27.2 Å². The van der Waals surface area contributed by atoms with E-state index >= 15 is 0 Å². The molecule has 7 nitrogen and oxygen atoms in total. The van der Waals surface area contributed by atoms with E-state index in [4.69, 9.17) is 5.11 Å². The Kier molecular flexibility index (Phi) is 4.69. The first kappa shape index (κ1) is 17.1. The van der Waals surface area contributed by atoms with E-state index < -0.39 is 42.5 Å². The van der Waals surface area contributed by atoms with E-state index in [1.54, 1.807) is 0 Å². The molecule has 1 aliphatic heterocycles. The fourth-order valence-corrected chi connectivity index (χ4v) is 2.10. The van der Waals surface area contributed by atoms with Crippen molar-refractivity contribution in [3.63, 3.8) is 0 Å². The minimum Gasteiger partial charge on any atom is -0.481 e. The number of alkyl halides is 3. The number of rotatable bonds is 3. The second kappa shape index (κ2) is 5.78. The van der Waals surface area contributed by atoms with Gasteiger partial charge in [0.2, 0.25) is 5.91 Å². The molecule has 0 radical (unpaired) electrons. The number of aliphatic carboxylic acids is 1. The van der Waals surface area contributed by atoms with Crippen LogP contribution < -0.4 is 5.32 Å². The summed E-state index contributed by atoms with van der Waals surface area (Å²) < 4.78 is 38.9. The molecule has 0 bridgehead atoms. The number of hydrogen-bond donors (Lipinski definition) is 2. The Labute approximate surface area is 118 Å². The number of urea groups is 1. The van der Waals surface area contributed by atoms with Crippen LogP contribution in [0.4, 0.5) is 18.0 Å². The third kappa shape index (κ3) is 3.19. The Morgan fingerprint density at radius 1 is 1.38 bits per heavy atom. The average molecular weight is 311 g/mol. The quantitative estimate of drug-likeness (QED) is 0.775. The Bertz CT molecular complexity index is 454. The highest BCUT2D eigenvalue weighted by molar-refractivity contribution is 5.85. The van der Waals surface area contributed by atoms with Crippen molar-refractivity contribution < 1.29 is 32.7 Å². The number of nitrogens with one attached hydrogen (secondary N) is 1. The maximum Gasteiger partial charge on any atom is 0.406 e. The predicted molar refractivity (Wildman–Crippen MR) is 64.4 cm³/mol. The normalized spacial score (nSPS) is 22.0. The highest BCUT2D eigenvalue weighted by Crippen LogP contribution is 2.45. The van der Waals surface area contributed by atoms with Crippen molar-refractivity contribution in [2.24, 2.45) is 5.41 Å². The van der Waals surface area contributed by atoms with Gasteiger partial charge >= 0.3 is 18.2 Å². The molecule has 1 heterocycles. The highest BCUT2D eigenvalue weighted by atomic mass is 19.4. The first-order chi connectivity index (χ1) is 9.55. The van der Waals surface area contributed by atoms with Gasteiger partial charge < -0.3 is 20.2 Å². The molecule has 0 saturated carbocycles. The van der Waals surface area contributed by atoms with Crippen molar-refractivity contribution in [2.75, 3.05) is 33.7 Å². The Hall–Kier alpha value is -2.00. The lowest BCUT2D eigenvalue weighted by Crippen LogP contribution is -2.50. The standard InChI is InChI=1S/C11H16F3N3O4/c1-15-7(18)5-16(2)9(21)17-4-3-10(6-17,8(19)20)11(12,13)14/h3-6H2,1-2H3,(H,15,18)(H,19,20). The lowest BCUT2D eigenvalue weighted by Gasteiger charge is -2.28. The maximum absolute atomic E-state index is 13.0. The second-order valence-corrected chi connectivity index (χ2v) is 4.87. The number of nitrogens with zero attached hydrogens (tertiary/aromatic N) is 2. The first-order valence-electron chi connectivity index (χ1n) is 6.06. The molecule has 0 aliphatic carbocycles. The van der Waals surface area contributed by atoms with Crippen molar-refractivity contribution in [1.29, 1.82) is 0 Å². The average Bonchev–Trinajstić information content (AvgIpc) is 2.83. The number of carboxylic acid groups (broad SMARTS) is 1. The van der Waals surface area contributed by atoms with Gasteiger partial charge in [-0.15, -0.1) is 0 Å². The lowest BCUT2D eigenvalue weighted by atomic mass is 9.86. The van der Waals surface area contributed by atoms with E-state index in [2.05, 4.69) is 5.32 Å². The van der Waals surface area contributed by atoms with E-state index in [1.165, 1.54) is 14.1 Å². The SMILES string of the molecule is CNC(=O)CN(C)C(=O)N1CCC(C(=O)O)(C(F)(F)F)C1. The zero-order chi connectivity index (χ0) is 16.4. The number of hydrogen-bond acceptors (Lipinski definition) is 3. The molecule has 3 amide bonds. The minimum atomic E-state index is -4.95. The zero-order valence-electron chi connectivity index (χ0n) is 11.5. The first-order valence-corrected chi connectivity index (χ1v) is 6.06. The van der Waals surface area contributed by atoms with Crippen LogP contribution in [0.25, 0.3) is 0 Å². The minimum absolute atomic E-state index is 0.322. The van der Waals surface area contributed by atoms with Crippen molar-refractivity contribution in [3.05, 3.63) is 0 Å². The van der Waals surface area contributed by atoms with Crippen LogP contribution in [0.15, 0.2) is 0 Å². The molecule has 2 N–H and O–H groups in total. The molecule has 1 unspecified atom stereocenters. The fourth-order valence-electron chi connectivity index (χ4n) is 2.10. The third-order valence-corrected chi connectivity index (χ3v) is 3.48. The van der Waals surface area contributed by atoms with Gasteiger partial charge in [0.15, 0.2) is 5.41 Å². The van der Waals surface area contributed by atoms with Crippen LogP contribution in [0, 0.1) is 5.41 Å². The summed E-state index contributed by atoms with van der Waals surface area (Å²) in [6, 6.07) is -0.814. The number of halogens is 3. The van der Waals surface area contributed by atoms with E-state index in [1.807, 2.05) is 0 Å². The predicted octanol–water partition coefficient (Wildman–Crippen LogP) is 0.123. The number of likely N-dealkylation sites (tertiary alicyclic amines) is 1. The van der Waals surface area contributed by atoms with Gasteiger partial charge in [0.05, 0.1) is 0 Å². The van der Waals surface area contributed by atoms with E-state index in [-0.39, 0.29) is 13.1 Å². The van der Waals surface area contributed by atoms with E-state index in [0.717, 1.165) is 9.80 Å². The number of carbonyl (C=O) groups excluding carboxylic acids is 2. The van der Waals surface area contributed by atoms with Gasteiger partial charge in [-0.25, -0.2) is 4.79 Å². The summed E-state index contributed by atoms with van der Waals surface area (Å²) in [4.78, 5) is 35.8. The lowest BCUT2D eigenvalue weighted by molar-refractivity contribution is -0.227. The van der Waals surface area contributed by atoms with Crippen LogP contribution in [0.2, 0.25) is 0 Å². The van der Waals surface area contributed by atoms with Crippen LogP contribution in [0.3, 0.4) is 0 Å². The van der Waals surface area contributed by atoms with Gasteiger partial charge in [0.25, 0.3) is 0 Å². The molecule has 1 atom stereocenters. The maximum atomic E-state index is 13.0. The van der Waals surface area contributed by atoms with Crippen molar-refractivity contribution in [3.8, 4) is 0 Å². The molecule has 1 aliphatic rings. The van der Waals surface area contributed by atoms with E-state index in [9.17, 15) is 27.6 Å². The van der Waals surface area contributed by atoms with Crippen molar-refractivity contribution >= 4 is 17.9 Å². The molecule has 21 heavy (non-hydrogen) atoms. The molecule has 1 rings (SSSR count). The Morgan fingerprint density at radius 2 is 1.95 bits per heavy atom. The molecule has 10 heteroatoms. The molecule has 0 spiro atoms. The monoisotopic (exact) mass is 311 g/mol.